The second-order valence-corrected chi connectivity index (χ2v) is 11.4. The number of likely N-dealkylation sites (N-methyl/N-ethyl adjacent to an activating group) is 2. The third-order valence-electron chi connectivity index (χ3n) is 8.48. The Labute approximate surface area is 260 Å². The number of carbonyl (C=O) groups excluding carboxylic acids is 3. The van der Waals surface area contributed by atoms with E-state index in [-0.39, 0.29) is 37.7 Å². The third kappa shape index (κ3) is 8.41. The van der Waals surface area contributed by atoms with E-state index in [1.54, 1.807) is 23.1 Å². The maximum atomic E-state index is 14.0. The van der Waals surface area contributed by atoms with E-state index < -0.39 is 11.9 Å². The number of carbonyl (C=O) groups is 3. The van der Waals surface area contributed by atoms with Crippen LogP contribution < -0.4 is 10.7 Å². The van der Waals surface area contributed by atoms with Crippen LogP contribution >= 0.6 is 0 Å². The zero-order valence-electron chi connectivity index (χ0n) is 25.9. The Morgan fingerprint density at radius 2 is 1.82 bits per heavy atom. The maximum absolute atomic E-state index is 14.0. The van der Waals surface area contributed by atoms with Crippen LogP contribution in [-0.2, 0) is 27.3 Å². The number of pyridine rings is 1. The lowest BCUT2D eigenvalue weighted by Gasteiger charge is -2.48. The van der Waals surface area contributed by atoms with Crippen molar-refractivity contribution in [2.75, 3.05) is 70.3 Å². The first-order valence-corrected chi connectivity index (χ1v) is 15.4. The Hall–Kier alpha value is -3.84. The molecule has 4 rings (SSSR count). The summed E-state index contributed by atoms with van der Waals surface area (Å²) in [6.45, 7) is 15.6. The highest BCUT2D eigenvalue weighted by Crippen LogP contribution is 2.24. The summed E-state index contributed by atoms with van der Waals surface area (Å²) >= 11 is 0. The zero-order chi connectivity index (χ0) is 31.6. The van der Waals surface area contributed by atoms with Crippen molar-refractivity contribution in [3.8, 4) is 5.75 Å². The molecule has 1 aromatic heterocycles. The lowest BCUT2D eigenvalue weighted by atomic mass is 10.0. The summed E-state index contributed by atoms with van der Waals surface area (Å²) in [6.07, 6.45) is 2.02. The molecule has 2 aliphatic rings. The number of nitrogens with two attached hydrogens (primary N) is 1. The van der Waals surface area contributed by atoms with E-state index in [1.807, 2.05) is 25.1 Å². The number of imide groups is 1. The summed E-state index contributed by atoms with van der Waals surface area (Å²) in [4.78, 5) is 54.2. The van der Waals surface area contributed by atoms with Crippen molar-refractivity contribution in [2.45, 2.75) is 38.9 Å². The van der Waals surface area contributed by atoms with E-state index in [1.165, 1.54) is 17.1 Å². The van der Waals surface area contributed by atoms with Crippen molar-refractivity contribution in [1.29, 1.82) is 0 Å². The first-order chi connectivity index (χ1) is 21.3. The third-order valence-corrected chi connectivity index (χ3v) is 8.48. The van der Waals surface area contributed by atoms with E-state index in [2.05, 4.69) is 28.2 Å². The van der Waals surface area contributed by atoms with Crippen molar-refractivity contribution >= 4 is 24.0 Å². The van der Waals surface area contributed by atoms with Gasteiger partial charge >= 0.3 is 0 Å². The van der Waals surface area contributed by atoms with E-state index in [4.69, 9.17) is 10.8 Å². The van der Waals surface area contributed by atoms with Gasteiger partial charge in [-0.15, -0.1) is 6.58 Å². The number of nitrogens with zero attached hydrogens (tertiary/aromatic N) is 7. The second kappa shape index (κ2) is 15.8. The fraction of sp³-hybridized carbons (Fsp3) is 0.500. The van der Waals surface area contributed by atoms with Gasteiger partial charge < -0.3 is 19.8 Å². The Kier molecular flexibility index (Phi) is 11.8. The Balaban J connectivity index is 1.46. The first-order valence-electron chi connectivity index (χ1n) is 15.4. The number of piperazine rings is 1. The van der Waals surface area contributed by atoms with Crippen LogP contribution in [0.2, 0.25) is 0 Å². The van der Waals surface area contributed by atoms with Crippen molar-refractivity contribution in [1.82, 2.24) is 29.6 Å². The predicted molar refractivity (Wildman–Crippen MR) is 169 cm³/mol. The Morgan fingerprint density at radius 1 is 1.11 bits per heavy atom. The molecule has 3 amide bonds. The SMILES string of the molecule is C=CCN(N)CC(=O)N(C=O)[C@@H](Cc1ccc(O)cc1)C(=O)N(CC)Cc1cccc(N2CC(N3CCN(CC)CC3)C2)n1. The number of aromatic nitrogens is 1. The average Bonchev–Trinajstić information content (AvgIpc) is 3.00. The molecule has 1 atom stereocenters. The molecule has 2 aromatic rings. The fourth-order valence-corrected chi connectivity index (χ4v) is 5.75. The Morgan fingerprint density at radius 3 is 2.43 bits per heavy atom. The molecular formula is C32H46N8O4. The van der Waals surface area contributed by atoms with Gasteiger partial charge in [-0.3, -0.25) is 30.0 Å². The number of rotatable bonds is 15. The van der Waals surface area contributed by atoms with Gasteiger partial charge in [0.1, 0.15) is 17.6 Å². The number of phenolic OH excluding ortho intramolecular Hbond substituents is 1. The van der Waals surface area contributed by atoms with E-state index >= 15 is 0 Å². The summed E-state index contributed by atoms with van der Waals surface area (Å²) in [7, 11) is 0. The number of anilines is 1. The smallest absolute Gasteiger partial charge is 0.246 e. The molecule has 2 aliphatic heterocycles. The summed E-state index contributed by atoms with van der Waals surface area (Å²) in [5, 5.41) is 11.0. The zero-order valence-corrected chi connectivity index (χ0v) is 25.9. The van der Waals surface area contributed by atoms with Crippen LogP contribution in [-0.4, -0.2) is 130 Å². The fourth-order valence-electron chi connectivity index (χ4n) is 5.75. The van der Waals surface area contributed by atoms with Crippen LogP contribution in [0.25, 0.3) is 0 Å². The van der Waals surface area contributed by atoms with Gasteiger partial charge in [-0.25, -0.2) is 9.99 Å². The van der Waals surface area contributed by atoms with Crippen LogP contribution in [0.5, 0.6) is 5.75 Å². The van der Waals surface area contributed by atoms with E-state index in [0.29, 0.717) is 24.6 Å². The van der Waals surface area contributed by atoms with Gasteiger partial charge in [0.15, 0.2) is 0 Å². The minimum absolute atomic E-state index is 0.0804. The summed E-state index contributed by atoms with van der Waals surface area (Å²) in [5.74, 6) is 5.87. The molecule has 44 heavy (non-hydrogen) atoms. The molecule has 1 aromatic carbocycles. The summed E-state index contributed by atoms with van der Waals surface area (Å²) in [6, 6.07) is 11.6. The molecule has 0 bridgehead atoms. The highest BCUT2D eigenvalue weighted by Gasteiger charge is 2.35. The number of phenols is 1. The molecule has 0 spiro atoms. The maximum Gasteiger partial charge on any atom is 0.246 e. The number of hydrogen-bond donors (Lipinski definition) is 2. The highest BCUT2D eigenvalue weighted by atomic mass is 16.3. The molecule has 0 aliphatic carbocycles. The van der Waals surface area contributed by atoms with Gasteiger partial charge in [0.05, 0.1) is 18.8 Å². The van der Waals surface area contributed by atoms with Crippen LogP contribution in [0.15, 0.2) is 55.1 Å². The summed E-state index contributed by atoms with van der Waals surface area (Å²) < 4.78 is 0. The Bertz CT molecular complexity index is 1260. The molecule has 12 heteroatoms. The molecule has 238 valence electrons. The molecule has 2 saturated heterocycles. The van der Waals surface area contributed by atoms with Crippen LogP contribution in [0.1, 0.15) is 25.1 Å². The van der Waals surface area contributed by atoms with E-state index in [0.717, 1.165) is 62.2 Å². The minimum Gasteiger partial charge on any atom is -0.508 e. The summed E-state index contributed by atoms with van der Waals surface area (Å²) in [5.41, 5.74) is 1.42. The lowest BCUT2D eigenvalue weighted by Crippen LogP contribution is -2.63. The average molecular weight is 607 g/mol. The predicted octanol–water partition coefficient (Wildman–Crippen LogP) is 0.920. The molecule has 12 nitrogen and oxygen atoms in total. The van der Waals surface area contributed by atoms with Crippen molar-refractivity contribution in [2.24, 2.45) is 5.84 Å². The molecule has 2 fully saturated rings. The largest absolute Gasteiger partial charge is 0.508 e. The number of hydrogen-bond acceptors (Lipinski definition) is 10. The monoisotopic (exact) mass is 606 g/mol. The molecule has 3 N–H and O–H groups in total. The number of amides is 3. The highest BCUT2D eigenvalue weighted by molar-refractivity contribution is 5.95. The van der Waals surface area contributed by atoms with Gasteiger partial charge in [0, 0.05) is 64.8 Å². The standard InChI is InChI=1S/C32H46N8O4/c1-4-14-39(33)23-31(43)40(24-41)29(19-25-10-12-28(42)13-11-25)32(44)36(6-3)20-26-8-7-9-30(34-26)38-21-27(22-38)37-17-15-35(5-2)16-18-37/h4,7-13,24,27,29,42H,1,5-6,14-23,33H2,2-3H3/t29-/m0/s1. The molecule has 0 radical (unpaired) electrons. The number of aromatic hydroxyl groups is 1. The quantitative estimate of drug-likeness (QED) is 0.131. The van der Waals surface area contributed by atoms with Crippen molar-refractivity contribution in [3.05, 3.63) is 66.4 Å². The van der Waals surface area contributed by atoms with Crippen LogP contribution in [0.4, 0.5) is 5.82 Å². The molecule has 0 saturated carbocycles. The number of benzene rings is 1. The van der Waals surface area contributed by atoms with Gasteiger partial charge in [-0.1, -0.05) is 31.2 Å². The normalized spacial score (nSPS) is 16.8. The second-order valence-electron chi connectivity index (χ2n) is 11.4. The van der Waals surface area contributed by atoms with Crippen molar-refractivity contribution < 1.29 is 19.5 Å². The van der Waals surface area contributed by atoms with Gasteiger partial charge in [-0.05, 0) is 43.3 Å². The topological polar surface area (TPSA) is 130 Å². The number of hydrazine groups is 1. The lowest BCUT2D eigenvalue weighted by molar-refractivity contribution is -0.151. The first kappa shape index (κ1) is 33.1. The van der Waals surface area contributed by atoms with E-state index in [9.17, 15) is 19.5 Å². The molecule has 3 heterocycles. The van der Waals surface area contributed by atoms with Gasteiger partial charge in [0.25, 0.3) is 0 Å². The van der Waals surface area contributed by atoms with Crippen molar-refractivity contribution in [3.63, 3.8) is 0 Å². The van der Waals surface area contributed by atoms with Crippen LogP contribution in [0.3, 0.4) is 0 Å². The van der Waals surface area contributed by atoms with Crippen LogP contribution in [0, 0.1) is 0 Å². The van der Waals surface area contributed by atoms with Gasteiger partial charge in [-0.2, -0.15) is 0 Å². The van der Waals surface area contributed by atoms with Gasteiger partial charge in [0.2, 0.25) is 18.2 Å². The molecular weight excluding hydrogens is 560 g/mol. The molecule has 0 unspecified atom stereocenters. The minimum atomic E-state index is -1.10.